The van der Waals surface area contributed by atoms with E-state index in [2.05, 4.69) is 31.2 Å². The highest BCUT2D eigenvalue weighted by molar-refractivity contribution is 7.99. The normalized spacial score (nSPS) is 28.4. The van der Waals surface area contributed by atoms with E-state index in [9.17, 15) is 9.90 Å². The van der Waals surface area contributed by atoms with E-state index in [1.807, 2.05) is 22.7 Å². The van der Waals surface area contributed by atoms with Crippen molar-refractivity contribution in [3.63, 3.8) is 0 Å². The summed E-state index contributed by atoms with van der Waals surface area (Å²) < 4.78 is 0. The quantitative estimate of drug-likeness (QED) is 0.911. The fourth-order valence-electron chi connectivity index (χ4n) is 3.71. The maximum Gasteiger partial charge on any atom is 0.254 e. The molecule has 2 aliphatic heterocycles. The first kappa shape index (κ1) is 15.9. The van der Waals surface area contributed by atoms with Crippen LogP contribution in [0.15, 0.2) is 30.3 Å². The number of piperidine rings is 1. The van der Waals surface area contributed by atoms with Crippen molar-refractivity contribution in [1.82, 2.24) is 4.90 Å². The van der Waals surface area contributed by atoms with E-state index in [-0.39, 0.29) is 11.3 Å². The monoisotopic (exact) mass is 319 g/mol. The molecule has 0 spiro atoms. The Balaban J connectivity index is 1.77. The molecule has 1 N–H and O–H groups in total. The summed E-state index contributed by atoms with van der Waals surface area (Å²) in [6.07, 6.45) is 3.28. The first-order valence-corrected chi connectivity index (χ1v) is 9.34. The van der Waals surface area contributed by atoms with Gasteiger partial charge in [0.15, 0.2) is 0 Å². The minimum Gasteiger partial charge on any atom is -0.380 e. The number of likely N-dealkylation sites (tertiary alicyclic amines) is 1. The molecule has 2 aliphatic rings. The second-order valence-corrected chi connectivity index (χ2v) is 8.13. The van der Waals surface area contributed by atoms with Gasteiger partial charge in [-0.3, -0.25) is 4.79 Å². The number of hydrogen-bond acceptors (Lipinski definition) is 3. The standard InChI is InChI=1S/C18H25NO2S/c1-17(15-6-3-2-4-7-15)8-5-11-19(14-17)16(20)18(21)9-12-22-13-10-18/h2-4,6-7,21H,5,8-14H2,1H3. The first-order chi connectivity index (χ1) is 10.5. The number of carbonyl (C=O) groups excluding carboxylic acids is 1. The molecule has 0 radical (unpaired) electrons. The molecule has 4 heteroatoms. The van der Waals surface area contributed by atoms with Gasteiger partial charge in [0.05, 0.1) is 0 Å². The smallest absolute Gasteiger partial charge is 0.254 e. The van der Waals surface area contributed by atoms with E-state index < -0.39 is 5.60 Å². The highest BCUT2D eigenvalue weighted by Gasteiger charge is 2.43. The van der Waals surface area contributed by atoms with Gasteiger partial charge in [-0.25, -0.2) is 0 Å². The topological polar surface area (TPSA) is 40.5 Å². The molecule has 0 aromatic heterocycles. The van der Waals surface area contributed by atoms with Gasteiger partial charge in [-0.2, -0.15) is 11.8 Å². The summed E-state index contributed by atoms with van der Waals surface area (Å²) >= 11 is 1.83. The zero-order valence-electron chi connectivity index (χ0n) is 13.3. The van der Waals surface area contributed by atoms with Gasteiger partial charge < -0.3 is 10.0 Å². The molecular weight excluding hydrogens is 294 g/mol. The maximum atomic E-state index is 12.9. The Bertz CT molecular complexity index is 527. The molecule has 1 aromatic rings. The molecular formula is C18H25NO2S. The average molecular weight is 319 g/mol. The van der Waals surface area contributed by atoms with Crippen LogP contribution < -0.4 is 0 Å². The predicted molar refractivity (Wildman–Crippen MR) is 91.1 cm³/mol. The lowest BCUT2D eigenvalue weighted by Gasteiger charge is -2.44. The number of rotatable bonds is 2. The average Bonchev–Trinajstić information content (AvgIpc) is 2.56. The summed E-state index contributed by atoms with van der Waals surface area (Å²) in [6, 6.07) is 10.5. The summed E-state index contributed by atoms with van der Waals surface area (Å²) in [7, 11) is 0. The number of nitrogens with zero attached hydrogens (tertiary/aromatic N) is 1. The molecule has 0 aliphatic carbocycles. The van der Waals surface area contributed by atoms with Crippen LogP contribution in [0.5, 0.6) is 0 Å². The number of benzene rings is 1. The largest absolute Gasteiger partial charge is 0.380 e. The van der Waals surface area contributed by atoms with Crippen LogP contribution in [0.2, 0.25) is 0 Å². The molecule has 0 saturated carbocycles. The van der Waals surface area contributed by atoms with Crippen LogP contribution in [0.25, 0.3) is 0 Å². The van der Waals surface area contributed by atoms with Crippen molar-refractivity contribution in [2.45, 2.75) is 43.6 Å². The predicted octanol–water partition coefficient (Wildman–Crippen LogP) is 2.82. The van der Waals surface area contributed by atoms with E-state index in [4.69, 9.17) is 0 Å². The summed E-state index contributed by atoms with van der Waals surface area (Å²) in [4.78, 5) is 14.8. The molecule has 1 amide bonds. The fraction of sp³-hybridized carbons (Fsp3) is 0.611. The van der Waals surface area contributed by atoms with Crippen LogP contribution in [0, 0.1) is 0 Å². The van der Waals surface area contributed by atoms with Gasteiger partial charge in [0.2, 0.25) is 0 Å². The Morgan fingerprint density at radius 2 is 1.86 bits per heavy atom. The molecule has 2 saturated heterocycles. The van der Waals surface area contributed by atoms with Gasteiger partial charge in [-0.1, -0.05) is 37.3 Å². The van der Waals surface area contributed by atoms with Crippen LogP contribution in [0.3, 0.4) is 0 Å². The van der Waals surface area contributed by atoms with E-state index in [1.54, 1.807) is 0 Å². The van der Waals surface area contributed by atoms with Gasteiger partial charge in [0.25, 0.3) is 5.91 Å². The third-order valence-electron chi connectivity index (χ3n) is 5.17. The van der Waals surface area contributed by atoms with Crippen LogP contribution in [-0.4, -0.2) is 46.1 Å². The number of carbonyl (C=O) groups is 1. The fourth-order valence-corrected chi connectivity index (χ4v) is 4.87. The molecule has 1 unspecified atom stereocenters. The highest BCUT2D eigenvalue weighted by atomic mass is 32.2. The molecule has 3 rings (SSSR count). The second-order valence-electron chi connectivity index (χ2n) is 6.90. The molecule has 2 heterocycles. The van der Waals surface area contributed by atoms with Crippen molar-refractivity contribution in [3.8, 4) is 0 Å². The molecule has 120 valence electrons. The summed E-state index contributed by atoms with van der Waals surface area (Å²) in [6.45, 7) is 3.73. The summed E-state index contributed by atoms with van der Waals surface area (Å²) in [5.41, 5.74) is 0.161. The minimum absolute atomic E-state index is 0.00501. The Morgan fingerprint density at radius 1 is 1.18 bits per heavy atom. The van der Waals surface area contributed by atoms with Crippen LogP contribution in [0.1, 0.15) is 38.2 Å². The third kappa shape index (κ3) is 3.04. The number of amides is 1. The lowest BCUT2D eigenvalue weighted by Crippen LogP contribution is -2.56. The van der Waals surface area contributed by atoms with E-state index in [0.29, 0.717) is 19.4 Å². The molecule has 0 bridgehead atoms. The minimum atomic E-state index is -1.12. The Kier molecular flexibility index (Phi) is 4.51. The summed E-state index contributed by atoms with van der Waals surface area (Å²) in [5.74, 6) is 1.72. The van der Waals surface area contributed by atoms with Gasteiger partial charge >= 0.3 is 0 Å². The number of thioether (sulfide) groups is 1. The SMILES string of the molecule is CC1(c2ccccc2)CCCN(C(=O)C2(O)CCSCC2)C1. The van der Waals surface area contributed by atoms with E-state index >= 15 is 0 Å². The number of aliphatic hydroxyl groups is 1. The van der Waals surface area contributed by atoms with Crippen molar-refractivity contribution < 1.29 is 9.90 Å². The molecule has 22 heavy (non-hydrogen) atoms. The zero-order chi connectivity index (χ0) is 15.6. The van der Waals surface area contributed by atoms with Crippen molar-refractivity contribution in [2.75, 3.05) is 24.6 Å². The zero-order valence-corrected chi connectivity index (χ0v) is 14.1. The van der Waals surface area contributed by atoms with Crippen molar-refractivity contribution >= 4 is 17.7 Å². The van der Waals surface area contributed by atoms with Gasteiger partial charge in [-0.05, 0) is 42.8 Å². The lowest BCUT2D eigenvalue weighted by molar-refractivity contribution is -0.154. The van der Waals surface area contributed by atoms with Gasteiger partial charge in [-0.15, -0.1) is 0 Å². The lowest BCUT2D eigenvalue weighted by atomic mass is 9.75. The van der Waals surface area contributed by atoms with Gasteiger partial charge in [0.1, 0.15) is 5.60 Å². The summed E-state index contributed by atoms with van der Waals surface area (Å²) in [5, 5.41) is 10.7. The van der Waals surface area contributed by atoms with Crippen LogP contribution >= 0.6 is 11.8 Å². The maximum absolute atomic E-state index is 12.9. The van der Waals surface area contributed by atoms with E-state index in [0.717, 1.165) is 30.9 Å². The van der Waals surface area contributed by atoms with Crippen molar-refractivity contribution in [1.29, 1.82) is 0 Å². The third-order valence-corrected chi connectivity index (χ3v) is 6.16. The van der Waals surface area contributed by atoms with Crippen LogP contribution in [-0.2, 0) is 10.2 Å². The Morgan fingerprint density at radius 3 is 2.55 bits per heavy atom. The van der Waals surface area contributed by atoms with Crippen molar-refractivity contribution in [3.05, 3.63) is 35.9 Å². The molecule has 1 aromatic carbocycles. The first-order valence-electron chi connectivity index (χ1n) is 8.19. The van der Waals surface area contributed by atoms with E-state index in [1.165, 1.54) is 5.56 Å². The highest BCUT2D eigenvalue weighted by Crippen LogP contribution is 2.36. The molecule has 2 fully saturated rings. The number of hydrogen-bond donors (Lipinski definition) is 1. The molecule has 3 nitrogen and oxygen atoms in total. The molecule has 1 atom stereocenters. The Hall–Kier alpha value is -1.000. The van der Waals surface area contributed by atoms with Crippen molar-refractivity contribution in [2.24, 2.45) is 0 Å². The Labute approximate surface area is 137 Å². The van der Waals surface area contributed by atoms with Crippen LogP contribution in [0.4, 0.5) is 0 Å². The second kappa shape index (κ2) is 6.25. The van der Waals surface area contributed by atoms with Gasteiger partial charge in [0, 0.05) is 18.5 Å².